The number of methoxy groups -OCH3 is 1. The minimum Gasteiger partial charge on any atom is -0.468 e. The van der Waals surface area contributed by atoms with E-state index < -0.39 is 0 Å². The number of hydrogen-bond donors (Lipinski definition) is 1. The molecule has 0 aliphatic rings. The fourth-order valence-electron chi connectivity index (χ4n) is 1.67. The van der Waals surface area contributed by atoms with E-state index in [0.29, 0.717) is 18.2 Å². The molecule has 0 unspecified atom stereocenters. The minimum atomic E-state index is -0.122. The van der Waals surface area contributed by atoms with Gasteiger partial charge in [0.25, 0.3) is 11.6 Å². The Labute approximate surface area is 115 Å². The first-order valence-electron chi connectivity index (χ1n) is 5.95. The lowest BCUT2D eigenvalue weighted by molar-refractivity contribution is 0.350. The van der Waals surface area contributed by atoms with E-state index in [4.69, 9.17) is 4.74 Å². The number of nitrogens with one attached hydrogen (secondary N) is 1. The van der Waals surface area contributed by atoms with Crippen molar-refractivity contribution in [3.63, 3.8) is 0 Å². The molecule has 0 aliphatic heterocycles. The summed E-state index contributed by atoms with van der Waals surface area (Å²) < 4.78 is 6.65. The molecular weight excluding hydrogens is 264 g/mol. The maximum Gasteiger partial charge on any atom is 0.299 e. The van der Waals surface area contributed by atoms with Crippen LogP contribution in [0, 0.1) is 6.92 Å². The van der Waals surface area contributed by atoms with Gasteiger partial charge in [-0.25, -0.2) is 9.97 Å². The van der Waals surface area contributed by atoms with Gasteiger partial charge in [-0.1, -0.05) is 0 Å². The Morgan fingerprint density at radius 3 is 3.00 bits per heavy atom. The Balaban J connectivity index is 2.29. The van der Waals surface area contributed by atoms with Crippen molar-refractivity contribution in [2.45, 2.75) is 20.4 Å². The first-order chi connectivity index (χ1) is 9.13. The van der Waals surface area contributed by atoms with Gasteiger partial charge in [0.05, 0.1) is 13.7 Å². The monoisotopic (exact) mass is 280 g/mol. The molecule has 2 rings (SSSR count). The minimum absolute atomic E-state index is 0.122. The molecule has 6 nitrogen and oxygen atoms in total. The van der Waals surface area contributed by atoms with Crippen LogP contribution in [0.3, 0.4) is 0 Å². The van der Waals surface area contributed by atoms with Gasteiger partial charge in [-0.2, -0.15) is 0 Å². The highest BCUT2D eigenvalue weighted by molar-refractivity contribution is 7.15. The van der Waals surface area contributed by atoms with Crippen LogP contribution in [0.15, 0.2) is 17.1 Å². The van der Waals surface area contributed by atoms with Crippen LogP contribution in [-0.2, 0) is 6.54 Å². The summed E-state index contributed by atoms with van der Waals surface area (Å²) in [5.74, 6) is 0. The maximum atomic E-state index is 12.0. The van der Waals surface area contributed by atoms with Crippen molar-refractivity contribution in [1.82, 2.24) is 14.5 Å². The molecule has 0 atom stereocenters. The quantitative estimate of drug-likeness (QED) is 0.898. The molecule has 0 fully saturated rings. The van der Waals surface area contributed by atoms with Crippen molar-refractivity contribution in [3.8, 4) is 6.01 Å². The summed E-state index contributed by atoms with van der Waals surface area (Å²) in [6.45, 7) is 5.02. The maximum absolute atomic E-state index is 12.0. The fourth-order valence-corrected chi connectivity index (χ4v) is 2.53. The van der Waals surface area contributed by atoms with Crippen molar-refractivity contribution >= 4 is 16.5 Å². The van der Waals surface area contributed by atoms with Gasteiger partial charge in [-0.15, -0.1) is 11.3 Å². The molecule has 0 aromatic carbocycles. The van der Waals surface area contributed by atoms with E-state index in [-0.39, 0.29) is 5.56 Å². The lowest BCUT2D eigenvalue weighted by Crippen LogP contribution is -2.22. The average molecular weight is 280 g/mol. The van der Waals surface area contributed by atoms with Crippen LogP contribution < -0.4 is 15.6 Å². The lowest BCUT2D eigenvalue weighted by Gasteiger charge is -2.09. The number of aromatic nitrogens is 3. The molecule has 0 amide bonds. The molecule has 0 radical (unpaired) electrons. The Morgan fingerprint density at radius 2 is 2.32 bits per heavy atom. The zero-order valence-electron chi connectivity index (χ0n) is 11.1. The molecule has 0 bridgehead atoms. The number of anilines is 1. The average Bonchev–Trinajstić information content (AvgIpc) is 2.80. The van der Waals surface area contributed by atoms with E-state index in [9.17, 15) is 4.79 Å². The third-order valence-electron chi connectivity index (χ3n) is 2.48. The molecule has 0 saturated carbocycles. The van der Waals surface area contributed by atoms with Crippen LogP contribution >= 0.6 is 11.3 Å². The largest absolute Gasteiger partial charge is 0.468 e. The van der Waals surface area contributed by atoms with E-state index in [1.807, 2.05) is 6.92 Å². The summed E-state index contributed by atoms with van der Waals surface area (Å²) in [7, 11) is 1.51. The van der Waals surface area contributed by atoms with Gasteiger partial charge < -0.3 is 10.1 Å². The molecular formula is C12H16N4O2S. The summed E-state index contributed by atoms with van der Waals surface area (Å²) in [6, 6.07) is 1.82. The second kappa shape index (κ2) is 5.83. The highest BCUT2D eigenvalue weighted by atomic mass is 32.1. The molecule has 2 aromatic rings. The Kier molecular flexibility index (Phi) is 4.16. The summed E-state index contributed by atoms with van der Waals surface area (Å²) in [4.78, 5) is 21.4. The molecule has 2 aromatic heterocycles. The number of hydrogen-bond acceptors (Lipinski definition) is 6. The molecule has 7 heteroatoms. The van der Waals surface area contributed by atoms with Crippen LogP contribution in [0.5, 0.6) is 6.01 Å². The van der Waals surface area contributed by atoms with E-state index in [1.54, 1.807) is 13.1 Å². The van der Waals surface area contributed by atoms with Gasteiger partial charge in [0, 0.05) is 29.4 Å². The van der Waals surface area contributed by atoms with Crippen molar-refractivity contribution in [2.24, 2.45) is 0 Å². The number of nitrogens with zero attached hydrogens (tertiary/aromatic N) is 3. The Morgan fingerprint density at radius 1 is 1.53 bits per heavy atom. The molecule has 0 spiro atoms. The van der Waals surface area contributed by atoms with Gasteiger partial charge in [-0.3, -0.25) is 9.36 Å². The number of ether oxygens (including phenoxy) is 1. The summed E-state index contributed by atoms with van der Waals surface area (Å²) in [6.07, 6.45) is 1.76. The molecule has 2 heterocycles. The molecule has 0 aliphatic carbocycles. The lowest BCUT2D eigenvalue weighted by atomic mass is 10.4. The zero-order valence-corrected chi connectivity index (χ0v) is 12.0. The van der Waals surface area contributed by atoms with Crippen molar-refractivity contribution in [2.75, 3.05) is 19.0 Å². The van der Waals surface area contributed by atoms with Crippen molar-refractivity contribution in [1.29, 1.82) is 0 Å². The van der Waals surface area contributed by atoms with Crippen molar-refractivity contribution < 1.29 is 4.74 Å². The van der Waals surface area contributed by atoms with Crippen LogP contribution in [0.2, 0.25) is 0 Å². The predicted molar refractivity (Wildman–Crippen MR) is 75.2 cm³/mol. The van der Waals surface area contributed by atoms with E-state index >= 15 is 0 Å². The van der Waals surface area contributed by atoms with Crippen LogP contribution in [0.1, 0.15) is 17.5 Å². The smallest absolute Gasteiger partial charge is 0.299 e. The molecule has 1 N–H and O–H groups in total. The molecule has 19 heavy (non-hydrogen) atoms. The van der Waals surface area contributed by atoms with E-state index in [1.165, 1.54) is 29.1 Å². The second-order valence-electron chi connectivity index (χ2n) is 3.97. The van der Waals surface area contributed by atoms with Crippen LogP contribution in [0.4, 0.5) is 5.13 Å². The van der Waals surface area contributed by atoms with Gasteiger partial charge in [-0.05, 0) is 13.8 Å². The molecule has 0 saturated heterocycles. The second-order valence-corrected chi connectivity index (χ2v) is 5.09. The van der Waals surface area contributed by atoms with E-state index in [2.05, 4.69) is 15.3 Å². The summed E-state index contributed by atoms with van der Waals surface area (Å²) >= 11 is 1.52. The zero-order chi connectivity index (χ0) is 13.8. The Bertz CT molecular complexity index is 620. The topological polar surface area (TPSA) is 69.0 Å². The predicted octanol–water partition coefficient (Wildman–Crippen LogP) is 1.50. The van der Waals surface area contributed by atoms with Crippen molar-refractivity contribution in [3.05, 3.63) is 33.2 Å². The third kappa shape index (κ3) is 3.11. The van der Waals surface area contributed by atoms with E-state index in [0.717, 1.165) is 16.6 Å². The van der Waals surface area contributed by atoms with Gasteiger partial charge in [0.2, 0.25) is 0 Å². The summed E-state index contributed by atoms with van der Waals surface area (Å²) in [5, 5.41) is 3.99. The van der Waals surface area contributed by atoms with Gasteiger partial charge >= 0.3 is 0 Å². The number of aryl methyl sites for hydroxylation is 1. The van der Waals surface area contributed by atoms with Crippen LogP contribution in [0.25, 0.3) is 0 Å². The van der Waals surface area contributed by atoms with Gasteiger partial charge in [0.15, 0.2) is 5.13 Å². The standard InChI is InChI=1S/C12H16N4O2S/c1-4-13-11-14-6-9(19-11)7-16-10(17)5-8(2)15-12(16)18-3/h5-6H,4,7H2,1-3H3,(H,13,14). The summed E-state index contributed by atoms with van der Waals surface area (Å²) in [5.41, 5.74) is 0.526. The fraction of sp³-hybridized carbons (Fsp3) is 0.417. The first-order valence-corrected chi connectivity index (χ1v) is 6.76. The SMILES string of the molecule is CCNc1ncc(Cn2c(OC)nc(C)cc2=O)s1. The molecule has 102 valence electrons. The highest BCUT2D eigenvalue weighted by Crippen LogP contribution is 2.19. The van der Waals surface area contributed by atoms with Crippen LogP contribution in [-0.4, -0.2) is 28.2 Å². The Hall–Kier alpha value is -1.89. The normalized spacial score (nSPS) is 10.5. The number of thiazole rings is 1. The van der Waals surface area contributed by atoms with Gasteiger partial charge in [0.1, 0.15) is 0 Å². The number of rotatable bonds is 5. The third-order valence-corrected chi connectivity index (χ3v) is 3.42. The first kappa shape index (κ1) is 13.5. The highest BCUT2D eigenvalue weighted by Gasteiger charge is 2.10.